The van der Waals surface area contributed by atoms with Crippen molar-refractivity contribution in [2.24, 2.45) is 4.99 Å². The number of nitrogens with one attached hydrogen (secondary N) is 2. The summed E-state index contributed by atoms with van der Waals surface area (Å²) < 4.78 is 0. The highest BCUT2D eigenvalue weighted by Crippen LogP contribution is 2.06. The maximum Gasteiger partial charge on any atom is 0.191 e. The molecule has 1 aliphatic heterocycles. The lowest BCUT2D eigenvalue weighted by Gasteiger charge is -2.10. The van der Waals surface area contributed by atoms with Gasteiger partial charge in [-0.05, 0) is 25.0 Å². The molecule has 15 heavy (non-hydrogen) atoms. The van der Waals surface area contributed by atoms with Crippen molar-refractivity contribution in [2.45, 2.75) is 26.4 Å². The average molecular weight is 203 g/mol. The van der Waals surface area contributed by atoms with Crippen LogP contribution in [0.2, 0.25) is 0 Å². The van der Waals surface area contributed by atoms with Crippen molar-refractivity contribution in [3.05, 3.63) is 35.4 Å². The lowest BCUT2D eigenvalue weighted by Crippen LogP contribution is -2.37. The first-order valence-corrected chi connectivity index (χ1v) is 5.35. The predicted molar refractivity (Wildman–Crippen MR) is 62.9 cm³/mol. The van der Waals surface area contributed by atoms with Crippen LogP contribution in [0, 0.1) is 6.92 Å². The van der Waals surface area contributed by atoms with Crippen LogP contribution >= 0.6 is 0 Å². The molecule has 1 heterocycles. The van der Waals surface area contributed by atoms with Gasteiger partial charge in [0.15, 0.2) is 5.96 Å². The Balaban J connectivity index is 1.91. The molecule has 80 valence electrons. The van der Waals surface area contributed by atoms with Crippen molar-refractivity contribution in [3.8, 4) is 0 Å². The fourth-order valence-corrected chi connectivity index (χ4v) is 1.65. The molecule has 1 aromatic rings. The number of hydrogen-bond acceptors (Lipinski definition) is 3. The number of guanidine groups is 1. The van der Waals surface area contributed by atoms with Crippen LogP contribution in [-0.2, 0) is 6.54 Å². The van der Waals surface area contributed by atoms with Crippen molar-refractivity contribution in [1.82, 2.24) is 10.6 Å². The highest BCUT2D eigenvalue weighted by molar-refractivity contribution is 5.81. The monoisotopic (exact) mass is 203 g/mol. The van der Waals surface area contributed by atoms with Gasteiger partial charge >= 0.3 is 0 Å². The molecular weight excluding hydrogens is 186 g/mol. The highest BCUT2D eigenvalue weighted by Gasteiger charge is 2.11. The van der Waals surface area contributed by atoms with E-state index in [2.05, 4.69) is 53.7 Å². The van der Waals surface area contributed by atoms with Crippen LogP contribution in [0.5, 0.6) is 0 Å². The minimum absolute atomic E-state index is 0.462. The molecule has 0 radical (unpaired) electrons. The molecule has 0 bridgehead atoms. The molecule has 1 aromatic carbocycles. The smallest absolute Gasteiger partial charge is 0.191 e. The maximum atomic E-state index is 4.36. The molecule has 2 rings (SSSR count). The Morgan fingerprint density at radius 1 is 1.47 bits per heavy atom. The van der Waals surface area contributed by atoms with Gasteiger partial charge in [-0.3, -0.25) is 4.99 Å². The number of rotatable bonds is 2. The normalized spacial score (nSPS) is 19.6. The average Bonchev–Trinajstić information content (AvgIpc) is 2.63. The first-order valence-electron chi connectivity index (χ1n) is 5.35. The molecule has 3 heteroatoms. The number of aliphatic imine (C=N–C) groups is 1. The van der Waals surface area contributed by atoms with Crippen LogP contribution in [0.4, 0.5) is 0 Å². The SMILES string of the molecule is Cc1ccccc1CNC1=NCC(C)N1. The number of nitrogens with zero attached hydrogens (tertiary/aromatic N) is 1. The minimum Gasteiger partial charge on any atom is -0.352 e. The highest BCUT2D eigenvalue weighted by atomic mass is 15.2. The third-order valence-electron chi connectivity index (χ3n) is 2.61. The molecular formula is C12H17N3. The van der Waals surface area contributed by atoms with E-state index in [-0.39, 0.29) is 0 Å². The first kappa shape index (κ1) is 10.0. The number of benzene rings is 1. The van der Waals surface area contributed by atoms with Gasteiger partial charge in [0, 0.05) is 12.6 Å². The summed E-state index contributed by atoms with van der Waals surface area (Å²) >= 11 is 0. The van der Waals surface area contributed by atoms with E-state index in [0.29, 0.717) is 6.04 Å². The maximum absolute atomic E-state index is 4.36. The third kappa shape index (κ3) is 2.49. The number of hydrogen-bond donors (Lipinski definition) is 2. The molecule has 0 amide bonds. The van der Waals surface area contributed by atoms with Crippen molar-refractivity contribution in [2.75, 3.05) is 6.54 Å². The zero-order valence-electron chi connectivity index (χ0n) is 9.25. The van der Waals surface area contributed by atoms with Gasteiger partial charge in [-0.2, -0.15) is 0 Å². The molecule has 1 unspecified atom stereocenters. The first-order chi connectivity index (χ1) is 7.25. The Morgan fingerprint density at radius 2 is 2.27 bits per heavy atom. The number of aryl methyl sites for hydroxylation is 1. The topological polar surface area (TPSA) is 36.4 Å². The summed E-state index contributed by atoms with van der Waals surface area (Å²) in [5, 5.41) is 6.59. The Labute approximate surface area is 90.6 Å². The van der Waals surface area contributed by atoms with Crippen molar-refractivity contribution >= 4 is 5.96 Å². The summed E-state index contributed by atoms with van der Waals surface area (Å²) in [4.78, 5) is 4.36. The zero-order valence-corrected chi connectivity index (χ0v) is 9.25. The summed E-state index contributed by atoms with van der Waals surface area (Å²) in [6, 6.07) is 8.86. The van der Waals surface area contributed by atoms with Gasteiger partial charge < -0.3 is 10.6 Å². The molecule has 1 atom stereocenters. The third-order valence-corrected chi connectivity index (χ3v) is 2.61. The van der Waals surface area contributed by atoms with Crippen LogP contribution < -0.4 is 10.6 Å². The summed E-state index contributed by atoms with van der Waals surface area (Å²) in [6.07, 6.45) is 0. The molecule has 1 aliphatic rings. The van der Waals surface area contributed by atoms with Crippen LogP contribution in [0.15, 0.2) is 29.3 Å². The minimum atomic E-state index is 0.462. The van der Waals surface area contributed by atoms with Gasteiger partial charge in [-0.1, -0.05) is 24.3 Å². The largest absolute Gasteiger partial charge is 0.352 e. The molecule has 0 spiro atoms. The second-order valence-electron chi connectivity index (χ2n) is 4.01. The van der Waals surface area contributed by atoms with Gasteiger partial charge in [0.2, 0.25) is 0 Å². The predicted octanol–water partition coefficient (Wildman–Crippen LogP) is 1.43. The van der Waals surface area contributed by atoms with E-state index in [1.165, 1.54) is 11.1 Å². The van der Waals surface area contributed by atoms with Crippen LogP contribution in [0.1, 0.15) is 18.1 Å². The van der Waals surface area contributed by atoms with E-state index in [4.69, 9.17) is 0 Å². The van der Waals surface area contributed by atoms with Gasteiger partial charge in [0.1, 0.15) is 0 Å². The summed E-state index contributed by atoms with van der Waals surface area (Å²) in [7, 11) is 0. The van der Waals surface area contributed by atoms with Crippen molar-refractivity contribution < 1.29 is 0 Å². The van der Waals surface area contributed by atoms with E-state index in [1.54, 1.807) is 0 Å². The van der Waals surface area contributed by atoms with Gasteiger partial charge in [-0.25, -0.2) is 0 Å². The zero-order chi connectivity index (χ0) is 10.7. The van der Waals surface area contributed by atoms with Crippen LogP contribution in [-0.4, -0.2) is 18.5 Å². The molecule has 0 saturated heterocycles. The summed E-state index contributed by atoms with van der Waals surface area (Å²) in [5.74, 6) is 0.922. The van der Waals surface area contributed by atoms with Crippen molar-refractivity contribution in [1.29, 1.82) is 0 Å². The molecule has 2 N–H and O–H groups in total. The van der Waals surface area contributed by atoms with E-state index in [0.717, 1.165) is 19.0 Å². The molecule has 3 nitrogen and oxygen atoms in total. The molecule has 0 saturated carbocycles. The van der Waals surface area contributed by atoms with Crippen LogP contribution in [0.3, 0.4) is 0 Å². The Bertz CT molecular complexity index is 371. The van der Waals surface area contributed by atoms with Crippen molar-refractivity contribution in [3.63, 3.8) is 0 Å². The van der Waals surface area contributed by atoms with E-state index in [9.17, 15) is 0 Å². The quantitative estimate of drug-likeness (QED) is 0.763. The van der Waals surface area contributed by atoms with Gasteiger partial charge in [0.05, 0.1) is 6.54 Å². The van der Waals surface area contributed by atoms with E-state index >= 15 is 0 Å². The van der Waals surface area contributed by atoms with E-state index in [1.807, 2.05) is 0 Å². The summed E-state index contributed by atoms with van der Waals surface area (Å²) in [5.41, 5.74) is 2.64. The fourth-order valence-electron chi connectivity index (χ4n) is 1.65. The van der Waals surface area contributed by atoms with Gasteiger partial charge in [0.25, 0.3) is 0 Å². The van der Waals surface area contributed by atoms with Gasteiger partial charge in [-0.15, -0.1) is 0 Å². The van der Waals surface area contributed by atoms with Crippen LogP contribution in [0.25, 0.3) is 0 Å². The summed E-state index contributed by atoms with van der Waals surface area (Å²) in [6.45, 7) is 5.97. The second kappa shape index (κ2) is 4.34. The Morgan fingerprint density at radius 3 is 2.93 bits per heavy atom. The lowest BCUT2D eigenvalue weighted by molar-refractivity contribution is 0.713. The Kier molecular flexibility index (Phi) is 2.90. The van der Waals surface area contributed by atoms with E-state index < -0.39 is 0 Å². The fraction of sp³-hybridized carbons (Fsp3) is 0.417. The molecule has 0 aromatic heterocycles. The lowest BCUT2D eigenvalue weighted by atomic mass is 10.1. The molecule has 0 aliphatic carbocycles. The molecule has 0 fully saturated rings. The Hall–Kier alpha value is -1.51. The second-order valence-corrected chi connectivity index (χ2v) is 4.01. The standard InChI is InChI=1S/C12H17N3/c1-9-5-3-4-6-11(9)8-14-12-13-7-10(2)15-12/h3-6,10H,7-8H2,1-2H3,(H2,13,14,15).